The molecule has 0 amide bonds. The number of aliphatic hydroxyl groups is 2. The monoisotopic (exact) mass is 324 g/mol. The number of rotatable bonds is 6. The third-order valence-corrected chi connectivity index (χ3v) is 4.33. The summed E-state index contributed by atoms with van der Waals surface area (Å²) in [6, 6.07) is 9.76. The summed E-state index contributed by atoms with van der Waals surface area (Å²) >= 11 is 0. The van der Waals surface area contributed by atoms with Gasteiger partial charge in [0.1, 0.15) is 17.8 Å². The van der Waals surface area contributed by atoms with Crippen molar-refractivity contribution in [2.75, 3.05) is 13.2 Å². The molecule has 2 heterocycles. The average Bonchev–Trinajstić information content (AvgIpc) is 2.96. The second-order valence-corrected chi connectivity index (χ2v) is 6.50. The number of ether oxygens (including phenoxy) is 4. The topological polar surface area (TPSA) is 77.4 Å². The molecule has 6 heteroatoms. The van der Waals surface area contributed by atoms with Crippen LogP contribution >= 0.6 is 0 Å². The summed E-state index contributed by atoms with van der Waals surface area (Å²) < 4.78 is 23.6. The highest BCUT2D eigenvalue weighted by molar-refractivity contribution is 5.14. The van der Waals surface area contributed by atoms with Crippen LogP contribution in [0.1, 0.15) is 25.8 Å². The summed E-state index contributed by atoms with van der Waals surface area (Å²) in [5.41, 5.74) is -0.00000342. The van der Waals surface area contributed by atoms with E-state index >= 15 is 0 Å². The Bertz CT molecular complexity index is 519. The molecular formula is C17H24O6. The van der Waals surface area contributed by atoms with Crippen molar-refractivity contribution >= 4 is 0 Å². The van der Waals surface area contributed by atoms with Gasteiger partial charge < -0.3 is 29.2 Å². The van der Waals surface area contributed by atoms with Crippen molar-refractivity contribution in [1.82, 2.24) is 0 Å². The van der Waals surface area contributed by atoms with Gasteiger partial charge in [0.2, 0.25) is 0 Å². The summed E-state index contributed by atoms with van der Waals surface area (Å²) in [7, 11) is 0. The van der Waals surface area contributed by atoms with E-state index in [9.17, 15) is 10.2 Å². The molecule has 128 valence electrons. The lowest BCUT2D eigenvalue weighted by Gasteiger charge is -2.35. The Hall–Kier alpha value is -1.02. The lowest BCUT2D eigenvalue weighted by atomic mass is 9.92. The first-order valence-corrected chi connectivity index (χ1v) is 7.90. The molecule has 3 rings (SSSR count). The number of fused-ring (bicyclic) bond motifs is 1. The standard InChI is InChI=1S/C17H24O6/c1-16(2)21-13-14(20-10-12-6-4-3-5-7-12)17(11-19,8-9-18)23-15(13)22-16/h3-7,13-15,18-19H,8-11H2,1-2H3/t13-,14+,15+,17+/m1/s1. The maximum Gasteiger partial charge on any atom is 0.190 e. The van der Waals surface area contributed by atoms with Crippen molar-refractivity contribution in [1.29, 1.82) is 0 Å². The lowest BCUT2D eigenvalue weighted by Crippen LogP contribution is -2.50. The van der Waals surface area contributed by atoms with Gasteiger partial charge in [0.05, 0.1) is 13.2 Å². The first kappa shape index (κ1) is 16.8. The van der Waals surface area contributed by atoms with Crippen molar-refractivity contribution in [3.8, 4) is 0 Å². The van der Waals surface area contributed by atoms with E-state index in [1.165, 1.54) is 0 Å². The normalized spacial score (nSPS) is 35.4. The highest BCUT2D eigenvalue weighted by atomic mass is 16.8. The highest BCUT2D eigenvalue weighted by Gasteiger charge is 2.62. The van der Waals surface area contributed by atoms with Crippen molar-refractivity contribution in [2.45, 2.75) is 56.8 Å². The molecule has 2 saturated heterocycles. The van der Waals surface area contributed by atoms with E-state index in [-0.39, 0.29) is 19.6 Å². The number of aliphatic hydroxyl groups excluding tert-OH is 2. The third-order valence-electron chi connectivity index (χ3n) is 4.33. The van der Waals surface area contributed by atoms with Crippen LogP contribution in [0.15, 0.2) is 30.3 Å². The first-order chi connectivity index (χ1) is 11.0. The molecule has 1 aromatic carbocycles. The molecule has 6 nitrogen and oxygen atoms in total. The number of hydrogen-bond donors (Lipinski definition) is 2. The van der Waals surface area contributed by atoms with Gasteiger partial charge in [-0.1, -0.05) is 30.3 Å². The molecule has 0 radical (unpaired) electrons. The third kappa shape index (κ3) is 3.28. The van der Waals surface area contributed by atoms with Gasteiger partial charge in [-0.15, -0.1) is 0 Å². The minimum absolute atomic E-state index is 0.116. The summed E-state index contributed by atoms with van der Waals surface area (Å²) in [5, 5.41) is 19.2. The molecule has 2 N–H and O–H groups in total. The van der Waals surface area contributed by atoms with E-state index < -0.39 is 29.9 Å². The van der Waals surface area contributed by atoms with E-state index in [2.05, 4.69) is 0 Å². The molecule has 0 unspecified atom stereocenters. The zero-order chi connectivity index (χ0) is 16.5. The SMILES string of the molecule is CC1(C)O[C@H]2O[C@](CO)(CCO)[C@@H](OCc3ccccc3)[C@H]2O1. The summed E-state index contributed by atoms with van der Waals surface area (Å²) in [6.07, 6.45) is -1.31. The molecule has 0 bridgehead atoms. The van der Waals surface area contributed by atoms with Gasteiger partial charge in [-0.05, 0) is 19.4 Å². The molecular weight excluding hydrogens is 300 g/mol. The van der Waals surface area contributed by atoms with Crippen LogP contribution in [0, 0.1) is 0 Å². The molecule has 4 atom stereocenters. The van der Waals surface area contributed by atoms with Crippen LogP contribution in [0.25, 0.3) is 0 Å². The predicted molar refractivity (Wildman–Crippen MR) is 81.4 cm³/mol. The van der Waals surface area contributed by atoms with Gasteiger partial charge >= 0.3 is 0 Å². The van der Waals surface area contributed by atoms with Crippen molar-refractivity contribution in [3.05, 3.63) is 35.9 Å². The Balaban J connectivity index is 1.78. The van der Waals surface area contributed by atoms with Crippen LogP contribution in [-0.4, -0.2) is 53.3 Å². The molecule has 0 saturated carbocycles. The van der Waals surface area contributed by atoms with Crippen LogP contribution in [0.2, 0.25) is 0 Å². The zero-order valence-corrected chi connectivity index (χ0v) is 13.5. The second-order valence-electron chi connectivity index (χ2n) is 6.50. The van der Waals surface area contributed by atoms with Gasteiger partial charge in [0, 0.05) is 13.0 Å². The maximum atomic E-state index is 9.87. The fourth-order valence-corrected chi connectivity index (χ4v) is 3.25. The van der Waals surface area contributed by atoms with E-state index in [0.29, 0.717) is 6.61 Å². The van der Waals surface area contributed by atoms with E-state index in [1.807, 2.05) is 44.2 Å². The van der Waals surface area contributed by atoms with Crippen LogP contribution in [0.3, 0.4) is 0 Å². The van der Waals surface area contributed by atoms with Gasteiger partial charge in [-0.2, -0.15) is 0 Å². The van der Waals surface area contributed by atoms with Crippen LogP contribution in [-0.2, 0) is 25.6 Å². The Labute approximate surface area is 135 Å². The summed E-state index contributed by atoms with van der Waals surface area (Å²) in [5.74, 6) is -0.759. The fraction of sp³-hybridized carbons (Fsp3) is 0.647. The van der Waals surface area contributed by atoms with Crippen molar-refractivity contribution in [2.24, 2.45) is 0 Å². The van der Waals surface area contributed by atoms with Crippen LogP contribution in [0.4, 0.5) is 0 Å². The fourth-order valence-electron chi connectivity index (χ4n) is 3.25. The second kappa shape index (κ2) is 6.47. The first-order valence-electron chi connectivity index (χ1n) is 7.90. The van der Waals surface area contributed by atoms with Gasteiger partial charge in [-0.25, -0.2) is 0 Å². The smallest absolute Gasteiger partial charge is 0.190 e. The van der Waals surface area contributed by atoms with Gasteiger partial charge in [-0.3, -0.25) is 0 Å². The zero-order valence-electron chi connectivity index (χ0n) is 13.5. The largest absolute Gasteiger partial charge is 0.396 e. The van der Waals surface area contributed by atoms with Crippen LogP contribution < -0.4 is 0 Å². The quantitative estimate of drug-likeness (QED) is 0.819. The van der Waals surface area contributed by atoms with Crippen molar-refractivity contribution in [3.63, 3.8) is 0 Å². The predicted octanol–water partition coefficient (Wildman–Crippen LogP) is 1.19. The Morgan fingerprint density at radius 1 is 1.09 bits per heavy atom. The number of benzene rings is 1. The molecule has 0 aliphatic carbocycles. The molecule has 2 aliphatic heterocycles. The molecule has 0 spiro atoms. The average molecular weight is 324 g/mol. The molecule has 0 aromatic heterocycles. The Kier molecular flexibility index (Phi) is 4.73. The summed E-state index contributed by atoms with van der Waals surface area (Å²) in [6.45, 7) is 3.61. The van der Waals surface area contributed by atoms with Crippen molar-refractivity contribution < 1.29 is 29.2 Å². The van der Waals surface area contributed by atoms with Crippen LogP contribution in [0.5, 0.6) is 0 Å². The molecule has 23 heavy (non-hydrogen) atoms. The van der Waals surface area contributed by atoms with E-state index in [1.54, 1.807) is 0 Å². The highest BCUT2D eigenvalue weighted by Crippen LogP contribution is 2.45. The summed E-state index contributed by atoms with van der Waals surface area (Å²) in [4.78, 5) is 0. The van der Waals surface area contributed by atoms with Gasteiger partial charge in [0.25, 0.3) is 0 Å². The Morgan fingerprint density at radius 3 is 2.48 bits per heavy atom. The Morgan fingerprint density at radius 2 is 1.83 bits per heavy atom. The minimum atomic E-state index is -1.02. The van der Waals surface area contributed by atoms with E-state index in [4.69, 9.17) is 18.9 Å². The van der Waals surface area contributed by atoms with E-state index in [0.717, 1.165) is 5.56 Å². The lowest BCUT2D eigenvalue weighted by molar-refractivity contribution is -0.254. The number of hydrogen-bond acceptors (Lipinski definition) is 6. The molecule has 1 aromatic rings. The molecule has 2 aliphatic rings. The molecule has 2 fully saturated rings. The maximum absolute atomic E-state index is 9.87. The minimum Gasteiger partial charge on any atom is -0.396 e. The van der Waals surface area contributed by atoms with Gasteiger partial charge in [0.15, 0.2) is 12.1 Å².